The molecule has 0 bridgehead atoms. The summed E-state index contributed by atoms with van der Waals surface area (Å²) in [4.78, 5) is 0. The summed E-state index contributed by atoms with van der Waals surface area (Å²) >= 11 is 9.29. The van der Waals surface area contributed by atoms with Gasteiger partial charge in [0, 0.05) is 11.1 Å². The summed E-state index contributed by atoms with van der Waals surface area (Å²) in [6.45, 7) is 2.76. The zero-order chi connectivity index (χ0) is 11.7. The second-order valence-electron chi connectivity index (χ2n) is 3.86. The Balaban J connectivity index is 2.21. The fourth-order valence-electron chi connectivity index (χ4n) is 1.79. The normalized spacial score (nSPS) is 24.8. The highest BCUT2D eigenvalue weighted by atomic mass is 79.9. The third kappa shape index (κ3) is 2.50. The van der Waals surface area contributed by atoms with E-state index in [1.165, 1.54) is 12.1 Å². The van der Waals surface area contributed by atoms with Gasteiger partial charge >= 0.3 is 0 Å². The van der Waals surface area contributed by atoms with Crippen LogP contribution in [0.15, 0.2) is 16.6 Å². The van der Waals surface area contributed by atoms with Gasteiger partial charge in [0.05, 0.1) is 22.9 Å². The van der Waals surface area contributed by atoms with Crippen LogP contribution < -0.4 is 5.32 Å². The Labute approximate surface area is 107 Å². The first kappa shape index (κ1) is 12.1. The maximum atomic E-state index is 13.0. The maximum Gasteiger partial charge on any atom is 0.125 e. The van der Waals surface area contributed by atoms with Crippen molar-refractivity contribution in [3.05, 3.63) is 27.4 Å². The summed E-state index contributed by atoms with van der Waals surface area (Å²) in [6.07, 6.45) is 1.08. The molecule has 1 N–H and O–H groups in total. The van der Waals surface area contributed by atoms with Crippen molar-refractivity contribution in [1.82, 2.24) is 0 Å². The van der Waals surface area contributed by atoms with Crippen molar-refractivity contribution in [2.24, 2.45) is 0 Å². The lowest BCUT2D eigenvalue weighted by molar-refractivity contribution is 0.121. The Bertz CT molecular complexity index is 379. The van der Waals surface area contributed by atoms with Crippen molar-refractivity contribution >= 4 is 33.2 Å². The van der Waals surface area contributed by atoms with Gasteiger partial charge in [-0.1, -0.05) is 11.6 Å². The molecule has 0 saturated carbocycles. The van der Waals surface area contributed by atoms with Crippen molar-refractivity contribution in [1.29, 1.82) is 0 Å². The molecule has 1 fully saturated rings. The zero-order valence-electron chi connectivity index (χ0n) is 8.77. The van der Waals surface area contributed by atoms with Gasteiger partial charge in [-0.2, -0.15) is 0 Å². The van der Waals surface area contributed by atoms with Gasteiger partial charge in [-0.3, -0.25) is 0 Å². The number of benzene rings is 1. The Morgan fingerprint density at radius 2 is 2.31 bits per heavy atom. The topological polar surface area (TPSA) is 21.3 Å². The molecule has 0 amide bonds. The highest BCUT2D eigenvalue weighted by molar-refractivity contribution is 9.10. The molecule has 0 radical (unpaired) electrons. The standard InChI is InChI=1S/C11H12BrClFNO/c1-6-10(2-3-16-6)15-11-8(12)4-7(14)5-9(11)13/h4-6,10,15H,2-3H2,1H3. The minimum atomic E-state index is -0.349. The van der Waals surface area contributed by atoms with Crippen LogP contribution in [0.5, 0.6) is 0 Å². The molecule has 2 rings (SSSR count). The average molecular weight is 309 g/mol. The Hall–Kier alpha value is -0.320. The molecule has 1 aromatic rings. The van der Waals surface area contributed by atoms with Crippen LogP contribution in [0.2, 0.25) is 5.02 Å². The van der Waals surface area contributed by atoms with Gasteiger partial charge in [0.2, 0.25) is 0 Å². The maximum absolute atomic E-state index is 13.0. The largest absolute Gasteiger partial charge is 0.377 e. The molecule has 2 atom stereocenters. The average Bonchev–Trinajstić information content (AvgIpc) is 2.57. The summed E-state index contributed by atoms with van der Waals surface area (Å²) in [5, 5.41) is 3.66. The Kier molecular flexibility index (Phi) is 3.72. The minimum absolute atomic E-state index is 0.146. The molecule has 2 nitrogen and oxygen atoms in total. The number of ether oxygens (including phenoxy) is 1. The summed E-state index contributed by atoms with van der Waals surface area (Å²) < 4.78 is 19.1. The number of hydrogen-bond donors (Lipinski definition) is 1. The fourth-order valence-corrected chi connectivity index (χ4v) is 2.71. The van der Waals surface area contributed by atoms with Gasteiger partial charge in [0.1, 0.15) is 5.82 Å². The molecule has 1 aliphatic rings. The second kappa shape index (κ2) is 4.90. The first-order valence-electron chi connectivity index (χ1n) is 5.10. The molecule has 2 unspecified atom stereocenters. The SMILES string of the molecule is CC1OCCC1Nc1c(Cl)cc(F)cc1Br. The quantitative estimate of drug-likeness (QED) is 0.896. The van der Waals surface area contributed by atoms with E-state index in [2.05, 4.69) is 21.2 Å². The molecule has 1 heterocycles. The first-order valence-corrected chi connectivity index (χ1v) is 6.27. The number of anilines is 1. The van der Waals surface area contributed by atoms with Gasteiger partial charge in [0.25, 0.3) is 0 Å². The predicted molar refractivity (Wildman–Crippen MR) is 66.6 cm³/mol. The van der Waals surface area contributed by atoms with Gasteiger partial charge in [-0.15, -0.1) is 0 Å². The lowest BCUT2D eigenvalue weighted by Crippen LogP contribution is -2.27. The molecule has 1 saturated heterocycles. The van der Waals surface area contributed by atoms with Gasteiger partial charge in [-0.05, 0) is 41.4 Å². The number of nitrogens with one attached hydrogen (secondary N) is 1. The van der Waals surface area contributed by atoms with Crippen LogP contribution in [0, 0.1) is 5.82 Å². The van der Waals surface area contributed by atoms with E-state index in [9.17, 15) is 4.39 Å². The van der Waals surface area contributed by atoms with Crippen LogP contribution in [-0.2, 0) is 4.74 Å². The number of hydrogen-bond acceptors (Lipinski definition) is 2. The van der Waals surface area contributed by atoms with Crippen molar-refractivity contribution < 1.29 is 9.13 Å². The molecule has 1 aliphatic heterocycles. The van der Waals surface area contributed by atoms with E-state index in [-0.39, 0.29) is 18.0 Å². The Morgan fingerprint density at radius 3 is 2.88 bits per heavy atom. The van der Waals surface area contributed by atoms with Crippen molar-refractivity contribution in [3.8, 4) is 0 Å². The van der Waals surface area contributed by atoms with Crippen LogP contribution in [0.3, 0.4) is 0 Å². The lowest BCUT2D eigenvalue weighted by atomic mass is 10.1. The molecule has 0 spiro atoms. The number of rotatable bonds is 2. The molecule has 0 aromatic heterocycles. The molecule has 0 aliphatic carbocycles. The second-order valence-corrected chi connectivity index (χ2v) is 5.12. The summed E-state index contributed by atoms with van der Waals surface area (Å²) in [7, 11) is 0. The van der Waals surface area contributed by atoms with E-state index in [0.29, 0.717) is 9.50 Å². The van der Waals surface area contributed by atoms with E-state index in [4.69, 9.17) is 16.3 Å². The van der Waals surface area contributed by atoms with Crippen molar-refractivity contribution in [2.75, 3.05) is 11.9 Å². The summed E-state index contributed by atoms with van der Waals surface area (Å²) in [5.41, 5.74) is 0.727. The van der Waals surface area contributed by atoms with Crippen LogP contribution in [0.25, 0.3) is 0 Å². The fraction of sp³-hybridized carbons (Fsp3) is 0.455. The van der Waals surface area contributed by atoms with E-state index < -0.39 is 0 Å². The first-order chi connectivity index (χ1) is 7.58. The van der Waals surface area contributed by atoms with E-state index in [1.54, 1.807) is 0 Å². The monoisotopic (exact) mass is 307 g/mol. The molecular formula is C11H12BrClFNO. The smallest absolute Gasteiger partial charge is 0.125 e. The summed E-state index contributed by atoms with van der Waals surface area (Å²) in [5.74, 6) is -0.349. The lowest BCUT2D eigenvalue weighted by Gasteiger charge is -2.19. The third-order valence-electron chi connectivity index (χ3n) is 2.71. The van der Waals surface area contributed by atoms with Crippen LogP contribution >= 0.6 is 27.5 Å². The van der Waals surface area contributed by atoms with Crippen LogP contribution in [0.4, 0.5) is 10.1 Å². The molecule has 16 heavy (non-hydrogen) atoms. The van der Waals surface area contributed by atoms with E-state index in [1.807, 2.05) is 6.92 Å². The molecular weight excluding hydrogens is 296 g/mol. The van der Waals surface area contributed by atoms with Gasteiger partial charge in [0.15, 0.2) is 0 Å². The van der Waals surface area contributed by atoms with E-state index >= 15 is 0 Å². The summed E-state index contributed by atoms with van der Waals surface area (Å²) in [6, 6.07) is 2.92. The minimum Gasteiger partial charge on any atom is -0.377 e. The predicted octanol–water partition coefficient (Wildman–Crippen LogP) is 3.83. The van der Waals surface area contributed by atoms with Gasteiger partial charge in [-0.25, -0.2) is 4.39 Å². The van der Waals surface area contributed by atoms with Gasteiger partial charge < -0.3 is 10.1 Å². The zero-order valence-corrected chi connectivity index (χ0v) is 11.1. The highest BCUT2D eigenvalue weighted by Crippen LogP contribution is 2.33. The van der Waals surface area contributed by atoms with Crippen molar-refractivity contribution in [3.63, 3.8) is 0 Å². The van der Waals surface area contributed by atoms with Crippen LogP contribution in [0.1, 0.15) is 13.3 Å². The molecule has 1 aromatic carbocycles. The molecule has 88 valence electrons. The van der Waals surface area contributed by atoms with Crippen LogP contribution in [-0.4, -0.2) is 18.8 Å². The third-order valence-corrected chi connectivity index (χ3v) is 3.64. The highest BCUT2D eigenvalue weighted by Gasteiger charge is 2.25. The number of halogens is 3. The Morgan fingerprint density at radius 1 is 1.56 bits per heavy atom. The van der Waals surface area contributed by atoms with Crippen molar-refractivity contribution in [2.45, 2.75) is 25.5 Å². The molecule has 5 heteroatoms. The van der Waals surface area contributed by atoms with E-state index in [0.717, 1.165) is 18.7 Å².